The van der Waals surface area contributed by atoms with E-state index in [9.17, 15) is 13.2 Å². The molecular formula is C23H31N3O4S. The molecule has 7 nitrogen and oxygen atoms in total. The van der Waals surface area contributed by atoms with Crippen LogP contribution >= 0.6 is 0 Å². The number of aryl methyl sites for hydroxylation is 2. The van der Waals surface area contributed by atoms with Gasteiger partial charge in [-0.15, -0.1) is 0 Å². The molecule has 1 amide bonds. The summed E-state index contributed by atoms with van der Waals surface area (Å²) in [4.78, 5) is 17.2. The topological polar surface area (TPSA) is 70.2 Å². The maximum Gasteiger partial charge on any atom is 0.246 e. The number of piperazine rings is 1. The lowest BCUT2D eigenvalue weighted by Gasteiger charge is -2.39. The van der Waals surface area contributed by atoms with Crippen molar-refractivity contribution in [2.75, 3.05) is 48.7 Å². The van der Waals surface area contributed by atoms with Crippen molar-refractivity contribution in [3.05, 3.63) is 53.6 Å². The van der Waals surface area contributed by atoms with Gasteiger partial charge in [0.25, 0.3) is 0 Å². The van der Waals surface area contributed by atoms with Crippen LogP contribution in [-0.4, -0.2) is 64.8 Å². The monoisotopic (exact) mass is 445 g/mol. The van der Waals surface area contributed by atoms with E-state index in [1.165, 1.54) is 4.31 Å². The third-order valence-corrected chi connectivity index (χ3v) is 7.08. The van der Waals surface area contributed by atoms with Crippen molar-refractivity contribution in [1.29, 1.82) is 0 Å². The quantitative estimate of drug-likeness (QED) is 0.684. The molecule has 2 aromatic carbocycles. The first kappa shape index (κ1) is 22.9. The van der Waals surface area contributed by atoms with Crippen molar-refractivity contribution in [2.45, 2.75) is 26.8 Å². The standard InChI is InChI=1S/C23H31N3O4S/c1-17-6-7-21(16-18(17)2)26(31(5,28)29)19(3)23(27)25-14-12-24(13-15-25)20-8-10-22(30-4)11-9-20/h6-11,16,19H,12-15H2,1-5H3/t19-/m0/s1. The van der Waals surface area contributed by atoms with Gasteiger partial charge >= 0.3 is 0 Å². The van der Waals surface area contributed by atoms with Gasteiger partial charge in [0.2, 0.25) is 15.9 Å². The van der Waals surface area contributed by atoms with Gasteiger partial charge in [-0.3, -0.25) is 9.10 Å². The van der Waals surface area contributed by atoms with Gasteiger partial charge < -0.3 is 14.5 Å². The van der Waals surface area contributed by atoms with Crippen molar-refractivity contribution >= 4 is 27.3 Å². The van der Waals surface area contributed by atoms with Crippen molar-refractivity contribution in [3.8, 4) is 5.75 Å². The second kappa shape index (κ2) is 9.18. The molecule has 3 rings (SSSR count). The Kier molecular flexibility index (Phi) is 6.79. The van der Waals surface area contributed by atoms with E-state index in [-0.39, 0.29) is 5.91 Å². The van der Waals surface area contributed by atoms with Gasteiger partial charge in [0.15, 0.2) is 0 Å². The normalized spacial score (nSPS) is 15.5. The minimum Gasteiger partial charge on any atom is -0.497 e. The van der Waals surface area contributed by atoms with E-state index < -0.39 is 16.1 Å². The SMILES string of the molecule is COc1ccc(N2CCN(C(=O)[C@H](C)N(c3ccc(C)c(C)c3)S(C)(=O)=O)CC2)cc1. The Morgan fingerprint density at radius 3 is 2.13 bits per heavy atom. The predicted molar refractivity (Wildman–Crippen MR) is 124 cm³/mol. The van der Waals surface area contributed by atoms with Gasteiger partial charge in [-0.2, -0.15) is 0 Å². The van der Waals surface area contributed by atoms with Gasteiger partial charge in [0.05, 0.1) is 19.1 Å². The van der Waals surface area contributed by atoms with Gasteiger partial charge in [0, 0.05) is 31.9 Å². The Morgan fingerprint density at radius 2 is 1.61 bits per heavy atom. The van der Waals surface area contributed by atoms with Crippen LogP contribution in [0, 0.1) is 13.8 Å². The molecule has 0 N–H and O–H groups in total. The Hall–Kier alpha value is -2.74. The number of carbonyl (C=O) groups is 1. The molecule has 0 aliphatic carbocycles. The molecule has 0 saturated carbocycles. The van der Waals surface area contributed by atoms with E-state index in [1.54, 1.807) is 25.0 Å². The predicted octanol–water partition coefficient (Wildman–Crippen LogP) is 2.82. The molecule has 0 spiro atoms. The van der Waals surface area contributed by atoms with E-state index in [1.807, 2.05) is 50.2 Å². The zero-order valence-corrected chi connectivity index (χ0v) is 19.6. The molecule has 1 saturated heterocycles. The Morgan fingerprint density at radius 1 is 1.00 bits per heavy atom. The van der Waals surface area contributed by atoms with E-state index in [2.05, 4.69) is 4.90 Å². The molecule has 1 atom stereocenters. The summed E-state index contributed by atoms with van der Waals surface area (Å²) >= 11 is 0. The van der Waals surface area contributed by atoms with Crippen LogP contribution in [-0.2, 0) is 14.8 Å². The summed E-state index contributed by atoms with van der Waals surface area (Å²) in [6, 6.07) is 12.5. The Bertz CT molecular complexity index is 1030. The lowest BCUT2D eigenvalue weighted by molar-refractivity contribution is -0.132. The lowest BCUT2D eigenvalue weighted by atomic mass is 10.1. The molecule has 1 fully saturated rings. The van der Waals surface area contributed by atoms with Crippen LogP contribution in [0.15, 0.2) is 42.5 Å². The third kappa shape index (κ3) is 5.12. The summed E-state index contributed by atoms with van der Waals surface area (Å²) < 4.78 is 31.6. The summed E-state index contributed by atoms with van der Waals surface area (Å²) in [5.41, 5.74) is 3.65. The van der Waals surface area contributed by atoms with E-state index in [4.69, 9.17) is 4.74 Å². The average Bonchev–Trinajstić information content (AvgIpc) is 2.75. The molecular weight excluding hydrogens is 414 g/mol. The minimum atomic E-state index is -3.63. The summed E-state index contributed by atoms with van der Waals surface area (Å²) in [7, 11) is -1.99. The number of carbonyl (C=O) groups excluding carboxylic acids is 1. The smallest absolute Gasteiger partial charge is 0.246 e. The van der Waals surface area contributed by atoms with Crippen LogP contribution in [0.25, 0.3) is 0 Å². The Labute approximate surface area is 185 Å². The molecule has 31 heavy (non-hydrogen) atoms. The fourth-order valence-corrected chi connectivity index (χ4v) is 5.07. The number of amides is 1. The van der Waals surface area contributed by atoms with Crippen LogP contribution < -0.4 is 13.9 Å². The molecule has 0 aromatic heterocycles. The number of hydrogen-bond donors (Lipinski definition) is 0. The van der Waals surface area contributed by atoms with Crippen molar-refractivity contribution < 1.29 is 17.9 Å². The third-order valence-electron chi connectivity index (χ3n) is 5.84. The molecule has 0 unspecified atom stereocenters. The number of nitrogens with zero attached hydrogens (tertiary/aromatic N) is 3. The van der Waals surface area contributed by atoms with Gasteiger partial charge in [-0.05, 0) is 68.3 Å². The zero-order valence-electron chi connectivity index (χ0n) is 18.8. The molecule has 8 heteroatoms. The number of anilines is 2. The van der Waals surface area contributed by atoms with E-state index in [0.717, 1.165) is 28.8 Å². The van der Waals surface area contributed by atoms with Crippen molar-refractivity contribution in [2.24, 2.45) is 0 Å². The van der Waals surface area contributed by atoms with Crippen LogP contribution in [0.1, 0.15) is 18.1 Å². The highest BCUT2D eigenvalue weighted by Gasteiger charge is 2.33. The summed E-state index contributed by atoms with van der Waals surface area (Å²) in [6.07, 6.45) is 1.15. The van der Waals surface area contributed by atoms with Crippen molar-refractivity contribution in [1.82, 2.24) is 4.90 Å². The van der Waals surface area contributed by atoms with E-state index in [0.29, 0.717) is 31.9 Å². The molecule has 1 aliphatic rings. The fourth-order valence-electron chi connectivity index (χ4n) is 3.91. The summed E-state index contributed by atoms with van der Waals surface area (Å²) in [6.45, 7) is 8.03. The maximum absolute atomic E-state index is 13.2. The molecule has 1 heterocycles. The van der Waals surface area contributed by atoms with Gasteiger partial charge in [-0.1, -0.05) is 6.07 Å². The van der Waals surface area contributed by atoms with E-state index >= 15 is 0 Å². The number of hydrogen-bond acceptors (Lipinski definition) is 5. The van der Waals surface area contributed by atoms with Crippen LogP contribution in [0.2, 0.25) is 0 Å². The van der Waals surface area contributed by atoms with Crippen LogP contribution in [0.5, 0.6) is 5.75 Å². The van der Waals surface area contributed by atoms with Gasteiger partial charge in [-0.25, -0.2) is 8.42 Å². The minimum absolute atomic E-state index is 0.182. The average molecular weight is 446 g/mol. The fraction of sp³-hybridized carbons (Fsp3) is 0.435. The number of ether oxygens (including phenoxy) is 1. The first-order valence-corrected chi connectivity index (χ1v) is 12.2. The number of rotatable bonds is 6. The summed E-state index contributed by atoms with van der Waals surface area (Å²) in [5, 5.41) is 0. The maximum atomic E-state index is 13.2. The van der Waals surface area contributed by atoms with Gasteiger partial charge in [0.1, 0.15) is 11.8 Å². The lowest BCUT2D eigenvalue weighted by Crippen LogP contribution is -2.55. The highest BCUT2D eigenvalue weighted by atomic mass is 32.2. The molecule has 168 valence electrons. The molecule has 0 radical (unpaired) electrons. The first-order valence-electron chi connectivity index (χ1n) is 10.4. The first-order chi connectivity index (χ1) is 14.6. The number of methoxy groups -OCH3 is 1. The zero-order chi connectivity index (χ0) is 22.8. The highest BCUT2D eigenvalue weighted by molar-refractivity contribution is 7.92. The van der Waals surface area contributed by atoms with Crippen LogP contribution in [0.4, 0.5) is 11.4 Å². The summed E-state index contributed by atoms with van der Waals surface area (Å²) in [5.74, 6) is 0.622. The molecule has 2 aromatic rings. The van der Waals surface area contributed by atoms with Crippen molar-refractivity contribution in [3.63, 3.8) is 0 Å². The second-order valence-corrected chi connectivity index (χ2v) is 9.87. The van der Waals surface area contributed by atoms with Crippen LogP contribution in [0.3, 0.4) is 0 Å². The molecule has 1 aliphatic heterocycles. The molecule has 0 bridgehead atoms. The largest absolute Gasteiger partial charge is 0.497 e. The Balaban J connectivity index is 1.72. The number of sulfonamides is 1. The number of benzene rings is 2. The second-order valence-electron chi connectivity index (χ2n) is 8.01. The highest BCUT2D eigenvalue weighted by Crippen LogP contribution is 2.25.